The van der Waals surface area contributed by atoms with Crippen molar-refractivity contribution < 1.29 is 19.1 Å². The summed E-state index contributed by atoms with van der Waals surface area (Å²) in [6.07, 6.45) is 1.54. The zero-order valence-corrected chi connectivity index (χ0v) is 12.8. The second-order valence-electron chi connectivity index (χ2n) is 5.62. The molecule has 1 fully saturated rings. The minimum Gasteiger partial charge on any atom is -0.464 e. The van der Waals surface area contributed by atoms with Crippen molar-refractivity contribution in [2.45, 2.75) is 45.1 Å². The Morgan fingerprint density at radius 3 is 2.50 bits per heavy atom. The highest BCUT2D eigenvalue weighted by molar-refractivity contribution is 7.16. The van der Waals surface area contributed by atoms with E-state index >= 15 is 0 Å². The summed E-state index contributed by atoms with van der Waals surface area (Å²) in [5, 5.41) is 3.82. The number of thiazole rings is 1. The summed E-state index contributed by atoms with van der Waals surface area (Å²) in [4.78, 5) is 27.7. The number of methoxy groups -OCH3 is 1. The highest BCUT2D eigenvalue weighted by Crippen LogP contribution is 2.44. The molecule has 0 aromatic carbocycles. The number of carbonyl (C=O) groups is 2. The Labute approximate surface area is 121 Å². The van der Waals surface area contributed by atoms with Crippen LogP contribution < -0.4 is 5.32 Å². The minimum absolute atomic E-state index is 0.144. The Hall–Kier alpha value is -1.63. The average molecular weight is 298 g/mol. The molecule has 0 saturated heterocycles. The lowest BCUT2D eigenvalue weighted by atomic mass is 10.2. The van der Waals surface area contributed by atoms with Gasteiger partial charge in [-0.2, -0.15) is 0 Å². The Kier molecular flexibility index (Phi) is 3.99. The molecule has 7 heteroatoms. The highest BCUT2D eigenvalue weighted by Gasteiger charge is 2.31. The first-order valence-electron chi connectivity index (χ1n) is 6.39. The number of anilines is 1. The molecule has 0 atom stereocenters. The molecule has 1 N–H and O–H groups in total. The molecule has 2 rings (SSSR count). The third-order valence-electron chi connectivity index (χ3n) is 2.56. The molecule has 6 nitrogen and oxygen atoms in total. The maximum atomic E-state index is 11.8. The van der Waals surface area contributed by atoms with Gasteiger partial charge < -0.3 is 9.47 Å². The van der Waals surface area contributed by atoms with Crippen LogP contribution in [0, 0.1) is 0 Å². The first-order chi connectivity index (χ1) is 9.30. The van der Waals surface area contributed by atoms with Crippen LogP contribution in [-0.2, 0) is 9.47 Å². The number of nitrogens with zero attached hydrogens (tertiary/aromatic N) is 1. The van der Waals surface area contributed by atoms with Gasteiger partial charge in [-0.3, -0.25) is 5.32 Å². The van der Waals surface area contributed by atoms with Gasteiger partial charge in [-0.05, 0) is 33.6 Å². The quantitative estimate of drug-likeness (QED) is 0.867. The van der Waals surface area contributed by atoms with Gasteiger partial charge in [0, 0.05) is 5.92 Å². The number of aromatic nitrogens is 1. The van der Waals surface area contributed by atoms with Gasteiger partial charge in [0.1, 0.15) is 10.6 Å². The molecule has 0 aliphatic heterocycles. The number of esters is 1. The summed E-state index contributed by atoms with van der Waals surface area (Å²) in [5.41, 5.74) is -0.454. The van der Waals surface area contributed by atoms with E-state index < -0.39 is 17.7 Å². The molecule has 1 aliphatic rings. The second kappa shape index (κ2) is 5.40. The van der Waals surface area contributed by atoms with Gasteiger partial charge in [-0.1, -0.05) is 11.3 Å². The van der Waals surface area contributed by atoms with Crippen molar-refractivity contribution in [1.82, 2.24) is 4.98 Å². The van der Waals surface area contributed by atoms with Crippen molar-refractivity contribution in [2.75, 3.05) is 12.4 Å². The van der Waals surface area contributed by atoms with Gasteiger partial charge in [-0.25, -0.2) is 14.6 Å². The molecule has 1 heterocycles. The van der Waals surface area contributed by atoms with Crippen LogP contribution in [0.1, 0.15) is 55.0 Å². The summed E-state index contributed by atoms with van der Waals surface area (Å²) in [7, 11) is 1.29. The summed E-state index contributed by atoms with van der Waals surface area (Å²) < 4.78 is 9.86. The van der Waals surface area contributed by atoms with Crippen LogP contribution in [0.2, 0.25) is 0 Å². The normalized spacial score (nSPS) is 14.8. The molecule has 20 heavy (non-hydrogen) atoms. The van der Waals surface area contributed by atoms with E-state index in [-0.39, 0.29) is 5.69 Å². The number of ether oxygens (including phenoxy) is 2. The first kappa shape index (κ1) is 14.8. The smallest absolute Gasteiger partial charge is 0.412 e. The lowest BCUT2D eigenvalue weighted by Gasteiger charge is -2.19. The SMILES string of the molecule is COC(=O)c1nc(C2CC2)sc1NC(=O)OC(C)(C)C. The van der Waals surface area contributed by atoms with E-state index in [1.165, 1.54) is 18.4 Å². The van der Waals surface area contributed by atoms with Crippen LogP contribution in [0.3, 0.4) is 0 Å². The fourth-order valence-corrected chi connectivity index (χ4v) is 2.67. The molecule has 1 aromatic rings. The van der Waals surface area contributed by atoms with Crippen molar-refractivity contribution in [1.29, 1.82) is 0 Å². The molecule has 0 bridgehead atoms. The largest absolute Gasteiger partial charge is 0.464 e. The maximum absolute atomic E-state index is 11.8. The van der Waals surface area contributed by atoms with E-state index in [0.29, 0.717) is 10.9 Å². The Morgan fingerprint density at radius 1 is 1.35 bits per heavy atom. The Bertz CT molecular complexity index is 529. The van der Waals surface area contributed by atoms with Crippen LogP contribution in [0.4, 0.5) is 9.80 Å². The lowest BCUT2D eigenvalue weighted by molar-refractivity contribution is 0.0596. The van der Waals surface area contributed by atoms with Crippen LogP contribution >= 0.6 is 11.3 Å². The standard InChI is InChI=1S/C13H18N2O4S/c1-13(2,3)19-12(17)15-10-8(11(16)18-4)14-9(20-10)7-5-6-7/h7H,5-6H2,1-4H3,(H,15,17). The molecule has 1 amide bonds. The highest BCUT2D eigenvalue weighted by atomic mass is 32.1. The number of rotatable bonds is 3. The van der Waals surface area contributed by atoms with Crippen molar-refractivity contribution >= 4 is 28.4 Å². The van der Waals surface area contributed by atoms with Gasteiger partial charge in [0.15, 0.2) is 5.69 Å². The average Bonchev–Trinajstić information content (AvgIpc) is 3.08. The van der Waals surface area contributed by atoms with E-state index in [0.717, 1.165) is 17.8 Å². The molecular formula is C13H18N2O4S. The maximum Gasteiger partial charge on any atom is 0.412 e. The van der Waals surface area contributed by atoms with Crippen LogP contribution in [-0.4, -0.2) is 29.8 Å². The third-order valence-corrected chi connectivity index (χ3v) is 3.70. The minimum atomic E-state index is -0.603. The van der Waals surface area contributed by atoms with Crippen molar-refractivity contribution in [3.63, 3.8) is 0 Å². The van der Waals surface area contributed by atoms with Crippen LogP contribution in [0.5, 0.6) is 0 Å². The fraction of sp³-hybridized carbons (Fsp3) is 0.615. The Balaban J connectivity index is 2.16. The molecule has 0 unspecified atom stereocenters. The number of hydrogen-bond donors (Lipinski definition) is 1. The van der Waals surface area contributed by atoms with Crippen molar-refractivity contribution in [3.05, 3.63) is 10.7 Å². The molecular weight excluding hydrogens is 280 g/mol. The Morgan fingerprint density at radius 2 is 2.00 bits per heavy atom. The number of nitrogens with one attached hydrogen (secondary N) is 1. The van der Waals surface area contributed by atoms with Gasteiger partial charge in [-0.15, -0.1) is 0 Å². The summed E-state index contributed by atoms with van der Waals surface area (Å²) >= 11 is 1.30. The van der Waals surface area contributed by atoms with E-state index in [1.54, 1.807) is 20.8 Å². The lowest BCUT2D eigenvalue weighted by Crippen LogP contribution is -2.27. The van der Waals surface area contributed by atoms with Gasteiger partial charge in [0.05, 0.1) is 12.1 Å². The molecule has 0 radical (unpaired) electrons. The predicted molar refractivity (Wildman–Crippen MR) is 75.3 cm³/mol. The molecule has 110 valence electrons. The molecule has 0 spiro atoms. The predicted octanol–water partition coefficient (Wildman–Crippen LogP) is 3.15. The van der Waals surface area contributed by atoms with Crippen molar-refractivity contribution in [3.8, 4) is 0 Å². The van der Waals surface area contributed by atoms with Gasteiger partial charge in [0.2, 0.25) is 0 Å². The van der Waals surface area contributed by atoms with E-state index in [9.17, 15) is 9.59 Å². The fourth-order valence-electron chi connectivity index (χ4n) is 1.56. The summed E-state index contributed by atoms with van der Waals surface area (Å²) in [6, 6.07) is 0. The molecule has 1 saturated carbocycles. The van der Waals surface area contributed by atoms with E-state index in [2.05, 4.69) is 15.0 Å². The summed E-state index contributed by atoms with van der Waals surface area (Å²) in [5.74, 6) is -0.156. The van der Waals surface area contributed by atoms with Crippen LogP contribution in [0.25, 0.3) is 0 Å². The van der Waals surface area contributed by atoms with E-state index in [1.807, 2.05) is 0 Å². The molecule has 1 aliphatic carbocycles. The zero-order valence-electron chi connectivity index (χ0n) is 12.0. The second-order valence-corrected chi connectivity index (χ2v) is 6.65. The van der Waals surface area contributed by atoms with Gasteiger partial charge in [0.25, 0.3) is 0 Å². The summed E-state index contributed by atoms with van der Waals surface area (Å²) in [6.45, 7) is 5.32. The first-order valence-corrected chi connectivity index (χ1v) is 7.21. The molecule has 1 aromatic heterocycles. The topological polar surface area (TPSA) is 77.5 Å². The van der Waals surface area contributed by atoms with E-state index in [4.69, 9.17) is 4.74 Å². The van der Waals surface area contributed by atoms with Crippen LogP contribution in [0.15, 0.2) is 0 Å². The van der Waals surface area contributed by atoms with Crippen molar-refractivity contribution in [2.24, 2.45) is 0 Å². The van der Waals surface area contributed by atoms with Gasteiger partial charge >= 0.3 is 12.1 Å². The monoisotopic (exact) mass is 298 g/mol. The number of carbonyl (C=O) groups excluding carboxylic acids is 2. The number of hydrogen-bond acceptors (Lipinski definition) is 6. The zero-order chi connectivity index (χ0) is 14.9. The number of amides is 1. The third kappa shape index (κ3) is 3.69.